The van der Waals surface area contributed by atoms with Gasteiger partial charge in [-0.05, 0) is 44.0 Å². The Labute approximate surface area is 126 Å². The fourth-order valence-corrected chi connectivity index (χ4v) is 2.46. The molecule has 0 unspecified atom stereocenters. The lowest BCUT2D eigenvalue weighted by Crippen LogP contribution is -2.07. The van der Waals surface area contributed by atoms with Gasteiger partial charge >= 0.3 is 0 Å². The van der Waals surface area contributed by atoms with E-state index in [2.05, 4.69) is 29.1 Å². The van der Waals surface area contributed by atoms with E-state index in [1.54, 1.807) is 0 Å². The minimum absolute atomic E-state index is 0.391. The molecule has 0 bridgehead atoms. The number of nitrogens with zero attached hydrogens (tertiary/aromatic N) is 2. The summed E-state index contributed by atoms with van der Waals surface area (Å²) in [5.41, 5.74) is 3.19. The van der Waals surface area contributed by atoms with Crippen LogP contribution in [0.5, 0.6) is 5.75 Å². The van der Waals surface area contributed by atoms with Crippen LogP contribution >= 0.6 is 0 Å². The van der Waals surface area contributed by atoms with Crippen LogP contribution in [-0.4, -0.2) is 23.6 Å². The number of ether oxygens (including phenoxy) is 1. The summed E-state index contributed by atoms with van der Waals surface area (Å²) in [5, 5.41) is 3.18. The van der Waals surface area contributed by atoms with Crippen molar-refractivity contribution in [3.63, 3.8) is 0 Å². The Morgan fingerprint density at radius 3 is 2.33 bits per heavy atom. The van der Waals surface area contributed by atoms with Crippen LogP contribution in [0.3, 0.4) is 0 Å². The van der Waals surface area contributed by atoms with Gasteiger partial charge in [-0.3, -0.25) is 0 Å². The van der Waals surface area contributed by atoms with Crippen molar-refractivity contribution >= 4 is 5.82 Å². The summed E-state index contributed by atoms with van der Waals surface area (Å²) in [6, 6.07) is 7.89. The van der Waals surface area contributed by atoms with E-state index in [0.717, 1.165) is 28.6 Å². The molecular formula is C17H23N3O. The van der Waals surface area contributed by atoms with Crippen molar-refractivity contribution in [3.05, 3.63) is 35.5 Å². The van der Waals surface area contributed by atoms with Gasteiger partial charge < -0.3 is 10.1 Å². The molecular weight excluding hydrogens is 262 g/mol. The van der Waals surface area contributed by atoms with Crippen LogP contribution in [-0.2, 0) is 0 Å². The van der Waals surface area contributed by atoms with E-state index < -0.39 is 0 Å². The van der Waals surface area contributed by atoms with E-state index in [4.69, 9.17) is 4.74 Å². The molecule has 0 aliphatic heterocycles. The Balaban J connectivity index is 2.42. The summed E-state index contributed by atoms with van der Waals surface area (Å²) in [6.07, 6.45) is 0. The Hall–Kier alpha value is -2.10. The zero-order chi connectivity index (χ0) is 15.4. The molecule has 1 aromatic heterocycles. The van der Waals surface area contributed by atoms with Gasteiger partial charge in [0, 0.05) is 23.9 Å². The molecule has 1 heterocycles. The van der Waals surface area contributed by atoms with Gasteiger partial charge in [0.05, 0.1) is 6.61 Å². The molecule has 0 fully saturated rings. The summed E-state index contributed by atoms with van der Waals surface area (Å²) < 4.78 is 5.46. The van der Waals surface area contributed by atoms with E-state index >= 15 is 0 Å². The normalized spacial score (nSPS) is 10.8. The minimum Gasteiger partial charge on any atom is -0.494 e. The molecule has 0 amide bonds. The first kappa shape index (κ1) is 15.3. The first-order valence-electron chi connectivity index (χ1n) is 7.36. The highest BCUT2D eigenvalue weighted by atomic mass is 16.5. The number of aromatic nitrogens is 2. The second-order valence-corrected chi connectivity index (χ2v) is 5.26. The topological polar surface area (TPSA) is 47.0 Å². The second kappa shape index (κ2) is 6.57. The molecule has 0 saturated carbocycles. The number of hydrogen-bond acceptors (Lipinski definition) is 4. The van der Waals surface area contributed by atoms with Crippen molar-refractivity contribution < 1.29 is 4.74 Å². The molecule has 0 aliphatic carbocycles. The van der Waals surface area contributed by atoms with Crippen molar-refractivity contribution in [2.45, 2.75) is 33.6 Å². The molecule has 1 N–H and O–H groups in total. The van der Waals surface area contributed by atoms with Gasteiger partial charge in [0.25, 0.3) is 0 Å². The number of rotatable bonds is 5. The summed E-state index contributed by atoms with van der Waals surface area (Å²) in [5.74, 6) is 2.90. The van der Waals surface area contributed by atoms with Gasteiger partial charge in [-0.1, -0.05) is 13.8 Å². The van der Waals surface area contributed by atoms with Crippen LogP contribution in [0.2, 0.25) is 0 Å². The van der Waals surface area contributed by atoms with Crippen LogP contribution in [0.4, 0.5) is 5.82 Å². The highest BCUT2D eigenvalue weighted by Crippen LogP contribution is 2.28. The van der Waals surface area contributed by atoms with Crippen molar-refractivity contribution in [2.75, 3.05) is 19.0 Å². The summed E-state index contributed by atoms with van der Waals surface area (Å²) >= 11 is 0. The molecule has 4 nitrogen and oxygen atoms in total. The van der Waals surface area contributed by atoms with Gasteiger partial charge in [0.1, 0.15) is 11.6 Å². The molecule has 0 radical (unpaired) electrons. The van der Waals surface area contributed by atoms with Crippen LogP contribution in [0.25, 0.3) is 11.4 Å². The average molecular weight is 285 g/mol. The molecule has 1 aromatic carbocycles. The third kappa shape index (κ3) is 3.32. The van der Waals surface area contributed by atoms with Crippen molar-refractivity contribution in [1.82, 2.24) is 9.97 Å². The van der Waals surface area contributed by atoms with Gasteiger partial charge in [-0.25, -0.2) is 9.97 Å². The molecule has 0 aliphatic rings. The molecule has 2 rings (SSSR count). The number of aryl methyl sites for hydroxylation is 1. The second-order valence-electron chi connectivity index (χ2n) is 5.26. The quantitative estimate of drug-likeness (QED) is 0.901. The smallest absolute Gasteiger partial charge is 0.161 e. The summed E-state index contributed by atoms with van der Waals surface area (Å²) in [6.45, 7) is 8.99. The zero-order valence-corrected chi connectivity index (χ0v) is 13.4. The van der Waals surface area contributed by atoms with Crippen LogP contribution in [0, 0.1) is 6.92 Å². The van der Waals surface area contributed by atoms with E-state index in [0.29, 0.717) is 12.5 Å². The van der Waals surface area contributed by atoms with E-state index in [1.807, 2.05) is 45.2 Å². The molecule has 0 atom stereocenters. The van der Waals surface area contributed by atoms with E-state index in [1.165, 1.54) is 5.56 Å². The number of anilines is 1. The van der Waals surface area contributed by atoms with Crippen LogP contribution < -0.4 is 10.1 Å². The molecule has 2 aromatic rings. The molecule has 0 spiro atoms. The third-order valence-electron chi connectivity index (χ3n) is 3.37. The Morgan fingerprint density at radius 1 is 1.14 bits per heavy atom. The fourth-order valence-electron chi connectivity index (χ4n) is 2.46. The Kier molecular flexibility index (Phi) is 4.78. The maximum atomic E-state index is 5.46. The monoisotopic (exact) mass is 285 g/mol. The standard InChI is InChI=1S/C17H23N3O/c1-6-21-14-9-7-13(8-10-14)16-19-12(4)15(11(2)3)17(18-5)20-16/h7-11H,6H2,1-5H3,(H,18,19,20). The van der Waals surface area contributed by atoms with Crippen molar-refractivity contribution in [1.29, 1.82) is 0 Å². The first-order chi connectivity index (χ1) is 10.1. The Bertz CT molecular complexity index is 606. The van der Waals surface area contributed by atoms with E-state index in [-0.39, 0.29) is 0 Å². The SMILES string of the molecule is CCOc1ccc(-c2nc(C)c(C(C)C)c(NC)n2)cc1. The van der Waals surface area contributed by atoms with Crippen molar-refractivity contribution in [3.8, 4) is 17.1 Å². The van der Waals surface area contributed by atoms with Gasteiger partial charge in [0.15, 0.2) is 5.82 Å². The van der Waals surface area contributed by atoms with Gasteiger partial charge in [-0.2, -0.15) is 0 Å². The highest BCUT2D eigenvalue weighted by Gasteiger charge is 2.14. The highest BCUT2D eigenvalue weighted by molar-refractivity contribution is 5.61. The van der Waals surface area contributed by atoms with Crippen LogP contribution in [0.15, 0.2) is 24.3 Å². The first-order valence-corrected chi connectivity index (χ1v) is 7.36. The summed E-state index contributed by atoms with van der Waals surface area (Å²) in [7, 11) is 1.90. The predicted octanol–water partition coefficient (Wildman–Crippen LogP) is 4.02. The molecule has 112 valence electrons. The molecule has 0 saturated heterocycles. The number of benzene rings is 1. The lowest BCUT2D eigenvalue weighted by Gasteiger charge is -2.15. The number of hydrogen-bond donors (Lipinski definition) is 1. The maximum Gasteiger partial charge on any atom is 0.161 e. The molecule has 4 heteroatoms. The van der Waals surface area contributed by atoms with Crippen LogP contribution in [0.1, 0.15) is 37.9 Å². The largest absolute Gasteiger partial charge is 0.494 e. The maximum absolute atomic E-state index is 5.46. The average Bonchev–Trinajstić information content (AvgIpc) is 2.47. The predicted molar refractivity (Wildman–Crippen MR) is 87.0 cm³/mol. The van der Waals surface area contributed by atoms with E-state index in [9.17, 15) is 0 Å². The van der Waals surface area contributed by atoms with Crippen molar-refractivity contribution in [2.24, 2.45) is 0 Å². The lowest BCUT2D eigenvalue weighted by molar-refractivity contribution is 0.340. The van der Waals surface area contributed by atoms with Gasteiger partial charge in [0.2, 0.25) is 0 Å². The Morgan fingerprint density at radius 2 is 1.81 bits per heavy atom. The summed E-state index contributed by atoms with van der Waals surface area (Å²) in [4.78, 5) is 9.31. The lowest BCUT2D eigenvalue weighted by atomic mass is 10.0. The third-order valence-corrected chi connectivity index (χ3v) is 3.37. The zero-order valence-electron chi connectivity index (χ0n) is 13.4. The van der Waals surface area contributed by atoms with Gasteiger partial charge in [-0.15, -0.1) is 0 Å². The minimum atomic E-state index is 0.391. The fraction of sp³-hybridized carbons (Fsp3) is 0.412. The number of nitrogens with one attached hydrogen (secondary N) is 1. The molecule has 21 heavy (non-hydrogen) atoms.